The van der Waals surface area contributed by atoms with Gasteiger partial charge in [0.2, 0.25) is 0 Å². The number of fused-ring (bicyclic) bond motifs is 1. The van der Waals surface area contributed by atoms with Gasteiger partial charge in [0, 0.05) is 31.7 Å². The fourth-order valence-corrected chi connectivity index (χ4v) is 3.83. The summed E-state index contributed by atoms with van der Waals surface area (Å²) < 4.78 is 33.0. The standard InChI is InChI=1S/C19H20ClF2N3O/c20-15-10-12-1-4-17(26-11-13-9-14(21)2-3-16(13)22)18(12)24-19(15)25-7-5-23-6-8-25/h2-3,9-10,17,23H,1,4-8,11H2. The van der Waals surface area contributed by atoms with Crippen LogP contribution in [0.3, 0.4) is 0 Å². The molecule has 0 saturated carbocycles. The zero-order chi connectivity index (χ0) is 18.1. The molecule has 7 heteroatoms. The molecule has 4 rings (SSSR count). The Balaban J connectivity index is 1.53. The van der Waals surface area contributed by atoms with Crippen LogP contribution in [0.2, 0.25) is 5.02 Å². The van der Waals surface area contributed by atoms with Gasteiger partial charge in [-0.05, 0) is 42.7 Å². The fraction of sp³-hybridized carbons (Fsp3) is 0.421. The first kappa shape index (κ1) is 17.6. The van der Waals surface area contributed by atoms with Crippen LogP contribution in [0.5, 0.6) is 0 Å². The quantitative estimate of drug-likeness (QED) is 0.880. The number of piperazine rings is 1. The Morgan fingerprint density at radius 1 is 1.23 bits per heavy atom. The summed E-state index contributed by atoms with van der Waals surface area (Å²) in [7, 11) is 0. The number of nitrogens with one attached hydrogen (secondary N) is 1. The topological polar surface area (TPSA) is 37.4 Å². The Bertz CT molecular complexity index is 812. The van der Waals surface area contributed by atoms with E-state index in [0.717, 1.165) is 68.2 Å². The van der Waals surface area contributed by atoms with Crippen molar-refractivity contribution >= 4 is 17.4 Å². The molecule has 1 N–H and O–H groups in total. The second kappa shape index (κ2) is 7.47. The summed E-state index contributed by atoms with van der Waals surface area (Å²) in [4.78, 5) is 6.95. The van der Waals surface area contributed by atoms with Crippen molar-refractivity contribution < 1.29 is 13.5 Å². The van der Waals surface area contributed by atoms with Crippen molar-refractivity contribution in [3.05, 3.63) is 57.7 Å². The number of hydrogen-bond acceptors (Lipinski definition) is 4. The van der Waals surface area contributed by atoms with Gasteiger partial charge in [0.15, 0.2) is 0 Å². The lowest BCUT2D eigenvalue weighted by molar-refractivity contribution is 0.0369. The molecule has 2 aromatic rings. The monoisotopic (exact) mass is 379 g/mol. The van der Waals surface area contributed by atoms with Gasteiger partial charge in [0.25, 0.3) is 0 Å². The van der Waals surface area contributed by atoms with Gasteiger partial charge in [-0.3, -0.25) is 0 Å². The van der Waals surface area contributed by atoms with Crippen LogP contribution in [-0.2, 0) is 17.8 Å². The molecule has 26 heavy (non-hydrogen) atoms. The first-order valence-corrected chi connectivity index (χ1v) is 9.20. The molecular formula is C19H20ClF2N3O. The van der Waals surface area contributed by atoms with Crippen LogP contribution in [0.15, 0.2) is 24.3 Å². The molecule has 0 radical (unpaired) electrons. The molecule has 0 bridgehead atoms. The van der Waals surface area contributed by atoms with Crippen LogP contribution in [0.1, 0.15) is 29.3 Å². The molecule has 2 aliphatic rings. The highest BCUT2D eigenvalue weighted by molar-refractivity contribution is 6.33. The van der Waals surface area contributed by atoms with Gasteiger partial charge in [-0.25, -0.2) is 13.8 Å². The van der Waals surface area contributed by atoms with Crippen molar-refractivity contribution in [3.8, 4) is 0 Å². The molecule has 1 unspecified atom stereocenters. The Labute approximate surface area is 156 Å². The minimum Gasteiger partial charge on any atom is -0.367 e. The predicted octanol–water partition coefficient (Wildman–Crippen LogP) is 3.63. The fourth-order valence-electron chi connectivity index (χ4n) is 3.54. The summed E-state index contributed by atoms with van der Waals surface area (Å²) in [6.07, 6.45) is 1.35. The maximum atomic E-state index is 13.8. The number of aryl methyl sites for hydroxylation is 1. The number of pyridine rings is 1. The van der Waals surface area contributed by atoms with Gasteiger partial charge in [-0.15, -0.1) is 0 Å². The Hall–Kier alpha value is -1.76. The third-order valence-corrected chi connectivity index (χ3v) is 5.19. The van der Waals surface area contributed by atoms with E-state index in [9.17, 15) is 8.78 Å². The van der Waals surface area contributed by atoms with Gasteiger partial charge < -0.3 is 15.0 Å². The minimum absolute atomic E-state index is 0.0149. The van der Waals surface area contributed by atoms with Gasteiger partial charge >= 0.3 is 0 Å². The highest BCUT2D eigenvalue weighted by atomic mass is 35.5. The van der Waals surface area contributed by atoms with Crippen LogP contribution in [0, 0.1) is 11.6 Å². The lowest BCUT2D eigenvalue weighted by atomic mass is 10.2. The lowest BCUT2D eigenvalue weighted by Gasteiger charge is -2.29. The largest absolute Gasteiger partial charge is 0.367 e. The second-order valence-corrected chi connectivity index (χ2v) is 7.06. The number of anilines is 1. The number of halogens is 3. The molecule has 1 atom stereocenters. The molecule has 2 heterocycles. The summed E-state index contributed by atoms with van der Waals surface area (Å²) in [5, 5.41) is 3.97. The lowest BCUT2D eigenvalue weighted by Crippen LogP contribution is -2.44. The van der Waals surface area contributed by atoms with Gasteiger partial charge in [0.05, 0.1) is 17.3 Å². The van der Waals surface area contributed by atoms with Crippen molar-refractivity contribution in [2.45, 2.75) is 25.6 Å². The molecule has 1 saturated heterocycles. The van der Waals surface area contributed by atoms with Crippen molar-refractivity contribution in [2.24, 2.45) is 0 Å². The van der Waals surface area contributed by atoms with Gasteiger partial charge in [-0.2, -0.15) is 0 Å². The third-order valence-electron chi connectivity index (χ3n) is 4.92. The summed E-state index contributed by atoms with van der Waals surface area (Å²) in [5.74, 6) is -0.155. The van der Waals surface area contributed by atoms with E-state index in [1.165, 1.54) is 6.07 Å². The first-order valence-electron chi connectivity index (χ1n) is 8.82. The highest BCUT2D eigenvalue weighted by Gasteiger charge is 2.28. The number of hydrogen-bond donors (Lipinski definition) is 1. The molecule has 4 nitrogen and oxygen atoms in total. The molecular weight excluding hydrogens is 360 g/mol. The molecule has 0 spiro atoms. The third kappa shape index (κ3) is 3.54. The van der Waals surface area contributed by atoms with E-state index in [-0.39, 0.29) is 18.3 Å². The smallest absolute Gasteiger partial charge is 0.147 e. The number of aromatic nitrogens is 1. The second-order valence-electron chi connectivity index (χ2n) is 6.65. The van der Waals surface area contributed by atoms with E-state index in [4.69, 9.17) is 21.3 Å². The molecule has 0 amide bonds. The Morgan fingerprint density at radius 2 is 2.04 bits per heavy atom. The van der Waals surface area contributed by atoms with E-state index in [1.807, 2.05) is 6.07 Å². The summed E-state index contributed by atoms with van der Waals surface area (Å²) in [6, 6.07) is 5.37. The molecule has 1 aromatic carbocycles. The Kier molecular flexibility index (Phi) is 5.07. The minimum atomic E-state index is -0.470. The maximum Gasteiger partial charge on any atom is 0.147 e. The van der Waals surface area contributed by atoms with E-state index in [1.54, 1.807) is 0 Å². The zero-order valence-corrected chi connectivity index (χ0v) is 15.0. The molecule has 1 aliphatic heterocycles. The SMILES string of the molecule is Fc1ccc(F)c(COC2CCc3cc(Cl)c(N4CCNCC4)nc32)c1. The average molecular weight is 380 g/mol. The summed E-state index contributed by atoms with van der Waals surface area (Å²) >= 11 is 6.44. The molecule has 1 aromatic heterocycles. The normalized spacial score (nSPS) is 19.7. The Morgan fingerprint density at radius 3 is 2.85 bits per heavy atom. The van der Waals surface area contributed by atoms with Crippen molar-refractivity contribution in [2.75, 3.05) is 31.1 Å². The van der Waals surface area contributed by atoms with Crippen LogP contribution in [-0.4, -0.2) is 31.2 Å². The van der Waals surface area contributed by atoms with E-state index < -0.39 is 11.6 Å². The first-order chi connectivity index (χ1) is 12.6. The van der Waals surface area contributed by atoms with Crippen molar-refractivity contribution in [1.29, 1.82) is 0 Å². The maximum absolute atomic E-state index is 13.8. The van der Waals surface area contributed by atoms with Crippen LogP contribution in [0.25, 0.3) is 0 Å². The van der Waals surface area contributed by atoms with Crippen molar-refractivity contribution in [3.63, 3.8) is 0 Å². The predicted molar refractivity (Wildman–Crippen MR) is 96.5 cm³/mol. The van der Waals surface area contributed by atoms with Crippen LogP contribution < -0.4 is 10.2 Å². The zero-order valence-electron chi connectivity index (χ0n) is 14.3. The van der Waals surface area contributed by atoms with Gasteiger partial charge in [0.1, 0.15) is 23.6 Å². The summed E-state index contributed by atoms with van der Waals surface area (Å²) in [5.41, 5.74) is 2.15. The molecule has 1 aliphatic carbocycles. The van der Waals surface area contributed by atoms with Crippen LogP contribution in [0.4, 0.5) is 14.6 Å². The summed E-state index contributed by atoms with van der Waals surface area (Å²) in [6.45, 7) is 3.51. The molecule has 1 fully saturated rings. The number of nitrogens with zero attached hydrogens (tertiary/aromatic N) is 2. The number of ether oxygens (including phenoxy) is 1. The highest BCUT2D eigenvalue weighted by Crippen LogP contribution is 2.38. The van der Waals surface area contributed by atoms with E-state index >= 15 is 0 Å². The number of benzene rings is 1. The van der Waals surface area contributed by atoms with Crippen LogP contribution >= 0.6 is 11.6 Å². The van der Waals surface area contributed by atoms with Gasteiger partial charge in [-0.1, -0.05) is 11.6 Å². The van der Waals surface area contributed by atoms with E-state index in [0.29, 0.717) is 5.02 Å². The average Bonchev–Trinajstić information content (AvgIpc) is 3.04. The number of rotatable bonds is 4. The van der Waals surface area contributed by atoms with E-state index in [2.05, 4.69) is 10.2 Å². The molecule has 138 valence electrons. The van der Waals surface area contributed by atoms with Crippen molar-refractivity contribution in [1.82, 2.24) is 10.3 Å².